The third-order valence-electron chi connectivity index (χ3n) is 9.97. The number of para-hydroxylation sites is 2. The summed E-state index contributed by atoms with van der Waals surface area (Å²) in [6.45, 7) is 6.21. The van der Waals surface area contributed by atoms with Crippen molar-refractivity contribution < 1.29 is 4.42 Å². The first-order valence-electron chi connectivity index (χ1n) is 17.5. The number of nitrogens with zero attached hydrogens (tertiary/aromatic N) is 1. The van der Waals surface area contributed by atoms with Gasteiger partial charge in [-0.15, -0.1) is 0 Å². The molecule has 0 radical (unpaired) electrons. The Morgan fingerprint density at radius 3 is 2.02 bits per heavy atom. The summed E-state index contributed by atoms with van der Waals surface area (Å²) in [5, 5.41) is 4.78. The van der Waals surface area contributed by atoms with Crippen LogP contribution in [0.5, 0.6) is 0 Å². The van der Waals surface area contributed by atoms with Crippen molar-refractivity contribution in [2.45, 2.75) is 51.9 Å². The van der Waals surface area contributed by atoms with Gasteiger partial charge in [0.1, 0.15) is 11.2 Å². The zero-order valence-corrected chi connectivity index (χ0v) is 27.7. The summed E-state index contributed by atoms with van der Waals surface area (Å²) in [5.74, 6) is 0. The molecule has 0 aliphatic heterocycles. The summed E-state index contributed by atoms with van der Waals surface area (Å²) in [4.78, 5) is 0. The highest BCUT2D eigenvalue weighted by Crippen LogP contribution is 2.40. The molecule has 0 atom stereocenters. The highest BCUT2D eigenvalue weighted by atomic mass is 16.3. The van der Waals surface area contributed by atoms with Crippen molar-refractivity contribution in [1.82, 2.24) is 4.57 Å². The molecule has 0 aliphatic rings. The quantitative estimate of drug-likeness (QED) is 0.131. The van der Waals surface area contributed by atoms with Gasteiger partial charge in [-0.3, -0.25) is 0 Å². The van der Waals surface area contributed by atoms with Gasteiger partial charge in [0.2, 0.25) is 0 Å². The van der Waals surface area contributed by atoms with Gasteiger partial charge in [-0.05, 0) is 83.1 Å². The first kappa shape index (κ1) is 30.0. The van der Waals surface area contributed by atoms with Gasteiger partial charge in [-0.2, -0.15) is 0 Å². The maximum atomic E-state index is 6.46. The van der Waals surface area contributed by atoms with Gasteiger partial charge in [0.05, 0.1) is 11.0 Å². The zero-order valence-electron chi connectivity index (χ0n) is 27.7. The van der Waals surface area contributed by atoms with Gasteiger partial charge in [-0.1, -0.05) is 137 Å². The Kier molecular flexibility index (Phi) is 8.16. The molecule has 0 aliphatic carbocycles. The molecule has 0 unspecified atom stereocenters. The summed E-state index contributed by atoms with van der Waals surface area (Å²) in [5.41, 5.74) is 12.7. The van der Waals surface area contributed by atoms with Crippen LogP contribution < -0.4 is 0 Å². The van der Waals surface area contributed by atoms with E-state index in [1.807, 2.05) is 12.1 Å². The van der Waals surface area contributed by atoms with E-state index in [-0.39, 0.29) is 0 Å². The first-order chi connectivity index (χ1) is 23.7. The molecule has 2 aromatic heterocycles. The highest BCUT2D eigenvalue weighted by Gasteiger charge is 2.17. The maximum Gasteiger partial charge on any atom is 0.143 e. The predicted octanol–water partition coefficient (Wildman–Crippen LogP) is 13.6. The average molecular weight is 624 g/mol. The van der Waals surface area contributed by atoms with E-state index < -0.39 is 0 Å². The molecular formula is C46H41NO. The average Bonchev–Trinajstić information content (AvgIpc) is 3.68. The van der Waals surface area contributed by atoms with Crippen LogP contribution in [0.2, 0.25) is 0 Å². The second-order valence-corrected chi connectivity index (χ2v) is 13.1. The summed E-state index contributed by atoms with van der Waals surface area (Å²) < 4.78 is 8.89. The van der Waals surface area contributed by atoms with Gasteiger partial charge in [0, 0.05) is 32.8 Å². The molecule has 8 rings (SSSR count). The molecule has 236 valence electrons. The fourth-order valence-corrected chi connectivity index (χ4v) is 7.36. The van der Waals surface area contributed by atoms with Crippen LogP contribution in [0.1, 0.15) is 56.6 Å². The Labute approximate surface area is 283 Å². The van der Waals surface area contributed by atoms with Crippen molar-refractivity contribution in [2.75, 3.05) is 0 Å². The Morgan fingerprint density at radius 2 is 1.25 bits per heavy atom. The number of aryl methyl sites for hydroxylation is 1. The van der Waals surface area contributed by atoms with Crippen LogP contribution in [0.25, 0.3) is 77.8 Å². The van der Waals surface area contributed by atoms with Crippen LogP contribution in [0.15, 0.2) is 138 Å². The van der Waals surface area contributed by atoms with Gasteiger partial charge >= 0.3 is 0 Å². The fraction of sp³-hybridized carbons (Fsp3) is 0.174. The SMILES string of the molecule is C=Cc1ccc(-c2ccc3c(c2)c2cc(-c4cccc5c4oc4ccccc45)ccc2n3-c2ccc(CCCCCCCC)cc2)cc1. The number of furan rings is 1. The summed E-state index contributed by atoms with van der Waals surface area (Å²) in [7, 11) is 0. The van der Waals surface area contributed by atoms with Gasteiger partial charge in [0.15, 0.2) is 0 Å². The molecule has 0 N–H and O–H groups in total. The van der Waals surface area contributed by atoms with Crippen LogP contribution in [0.3, 0.4) is 0 Å². The number of fused-ring (bicyclic) bond motifs is 6. The van der Waals surface area contributed by atoms with Crippen molar-refractivity contribution in [3.63, 3.8) is 0 Å². The molecule has 0 amide bonds. The fourth-order valence-electron chi connectivity index (χ4n) is 7.36. The van der Waals surface area contributed by atoms with Gasteiger partial charge in [0.25, 0.3) is 0 Å². The monoisotopic (exact) mass is 623 g/mol. The molecule has 0 saturated heterocycles. The Bertz CT molecular complexity index is 2380. The Hall–Kier alpha value is -5.34. The van der Waals surface area contributed by atoms with E-state index in [0.717, 1.165) is 45.0 Å². The van der Waals surface area contributed by atoms with Crippen molar-refractivity contribution in [1.29, 1.82) is 0 Å². The smallest absolute Gasteiger partial charge is 0.143 e. The van der Waals surface area contributed by atoms with Gasteiger partial charge in [-0.25, -0.2) is 0 Å². The minimum atomic E-state index is 0.921. The van der Waals surface area contributed by atoms with E-state index in [4.69, 9.17) is 4.42 Å². The minimum Gasteiger partial charge on any atom is -0.455 e. The molecule has 8 aromatic rings. The maximum absolute atomic E-state index is 6.46. The lowest BCUT2D eigenvalue weighted by molar-refractivity contribution is 0.607. The van der Waals surface area contributed by atoms with Crippen molar-refractivity contribution in [2.24, 2.45) is 0 Å². The molecule has 6 aromatic carbocycles. The summed E-state index contributed by atoms with van der Waals surface area (Å²) >= 11 is 0. The number of unbranched alkanes of at least 4 members (excludes halogenated alkanes) is 5. The summed E-state index contributed by atoms with van der Waals surface area (Å²) in [6.07, 6.45) is 11.0. The third kappa shape index (κ3) is 5.52. The molecule has 0 bridgehead atoms. The van der Waals surface area contributed by atoms with Crippen molar-refractivity contribution in [3.05, 3.63) is 145 Å². The topological polar surface area (TPSA) is 18.1 Å². The highest BCUT2D eigenvalue weighted by molar-refractivity contribution is 6.14. The van der Waals surface area contributed by atoms with E-state index in [2.05, 4.69) is 139 Å². The first-order valence-corrected chi connectivity index (χ1v) is 17.5. The second kappa shape index (κ2) is 13.0. The van der Waals surface area contributed by atoms with E-state index >= 15 is 0 Å². The lowest BCUT2D eigenvalue weighted by Crippen LogP contribution is -1.95. The molecule has 0 spiro atoms. The number of rotatable bonds is 11. The number of benzene rings is 6. The molecule has 48 heavy (non-hydrogen) atoms. The Morgan fingerprint density at radius 1 is 0.583 bits per heavy atom. The molecule has 2 heterocycles. The van der Waals surface area contributed by atoms with Gasteiger partial charge < -0.3 is 8.98 Å². The second-order valence-electron chi connectivity index (χ2n) is 13.1. The lowest BCUT2D eigenvalue weighted by Gasteiger charge is -2.10. The molecule has 2 heteroatoms. The van der Waals surface area contributed by atoms with E-state index in [9.17, 15) is 0 Å². The van der Waals surface area contributed by atoms with Crippen LogP contribution in [-0.2, 0) is 6.42 Å². The van der Waals surface area contributed by atoms with E-state index in [1.54, 1.807) is 0 Å². The Balaban J connectivity index is 1.24. The predicted molar refractivity (Wildman–Crippen MR) is 206 cm³/mol. The lowest BCUT2D eigenvalue weighted by atomic mass is 9.98. The molecular weight excluding hydrogens is 583 g/mol. The molecule has 2 nitrogen and oxygen atoms in total. The van der Waals surface area contributed by atoms with Crippen molar-refractivity contribution >= 4 is 49.8 Å². The number of hydrogen-bond donors (Lipinski definition) is 0. The third-order valence-corrected chi connectivity index (χ3v) is 9.97. The largest absolute Gasteiger partial charge is 0.455 e. The number of hydrogen-bond acceptors (Lipinski definition) is 1. The van der Waals surface area contributed by atoms with Crippen LogP contribution >= 0.6 is 0 Å². The van der Waals surface area contributed by atoms with Crippen LogP contribution in [0, 0.1) is 0 Å². The standard InChI is InChI=1S/C46H41NO/c1-3-5-6-7-8-9-13-33-20-26-37(27-21-33)47-43-28-24-35(34-22-18-32(4-2)19-23-34)30-41(43)42-31-36(25-29-44(42)47)38-15-12-16-40-39-14-10-11-17-45(39)48-46(38)40/h4,10-12,14-31H,2-3,5-9,13H2,1H3. The van der Waals surface area contributed by atoms with E-state index in [1.165, 1.54) is 82.7 Å². The summed E-state index contributed by atoms with van der Waals surface area (Å²) in [6, 6.07) is 46.5. The van der Waals surface area contributed by atoms with E-state index in [0.29, 0.717) is 0 Å². The molecule has 0 saturated carbocycles. The number of aromatic nitrogens is 1. The normalized spacial score (nSPS) is 11.7. The minimum absolute atomic E-state index is 0.921. The molecule has 0 fully saturated rings. The van der Waals surface area contributed by atoms with Crippen LogP contribution in [-0.4, -0.2) is 4.57 Å². The van der Waals surface area contributed by atoms with Crippen molar-refractivity contribution in [3.8, 4) is 27.9 Å². The zero-order chi connectivity index (χ0) is 32.5. The van der Waals surface area contributed by atoms with Crippen LogP contribution in [0.4, 0.5) is 0 Å².